The van der Waals surface area contributed by atoms with Gasteiger partial charge in [-0.2, -0.15) is 5.10 Å². The molecule has 0 bridgehead atoms. The van der Waals surface area contributed by atoms with Crippen LogP contribution < -0.4 is 5.32 Å². The summed E-state index contributed by atoms with van der Waals surface area (Å²) in [5.41, 5.74) is 4.72. The van der Waals surface area contributed by atoms with Crippen molar-refractivity contribution in [2.75, 3.05) is 5.32 Å². The molecule has 4 nitrogen and oxygen atoms in total. The number of carbonyl (C=O) groups excluding carboxylic acids is 1. The van der Waals surface area contributed by atoms with E-state index in [1.807, 2.05) is 37.4 Å². The maximum atomic E-state index is 12.8. The summed E-state index contributed by atoms with van der Waals surface area (Å²) in [4.78, 5) is 12.8. The summed E-state index contributed by atoms with van der Waals surface area (Å²) in [7, 11) is 0. The first kappa shape index (κ1) is 15.9. The first-order chi connectivity index (χ1) is 12.2. The SMILES string of the molecule is Cc1cccn2ncc(C(=O)Nc3cccc(C4CCCCC4)c3)c12. The quantitative estimate of drug-likeness (QED) is 0.737. The van der Waals surface area contributed by atoms with Gasteiger partial charge in [0.05, 0.1) is 17.3 Å². The molecule has 3 aromatic rings. The van der Waals surface area contributed by atoms with Crippen molar-refractivity contribution in [1.29, 1.82) is 0 Å². The Morgan fingerprint density at radius 3 is 2.84 bits per heavy atom. The van der Waals surface area contributed by atoms with Crippen LogP contribution >= 0.6 is 0 Å². The molecule has 1 aliphatic carbocycles. The van der Waals surface area contributed by atoms with Crippen LogP contribution in [0.25, 0.3) is 5.52 Å². The molecule has 0 saturated heterocycles. The van der Waals surface area contributed by atoms with Gasteiger partial charge in [0, 0.05) is 11.9 Å². The van der Waals surface area contributed by atoms with E-state index in [1.54, 1.807) is 10.7 Å². The summed E-state index contributed by atoms with van der Waals surface area (Å²) in [5, 5.41) is 7.34. The molecular weight excluding hydrogens is 310 g/mol. The van der Waals surface area contributed by atoms with Gasteiger partial charge in [-0.25, -0.2) is 4.52 Å². The molecule has 2 aromatic heterocycles. The van der Waals surface area contributed by atoms with Crippen LogP contribution in [0.1, 0.15) is 59.5 Å². The van der Waals surface area contributed by atoms with Gasteiger partial charge < -0.3 is 5.32 Å². The van der Waals surface area contributed by atoms with E-state index in [-0.39, 0.29) is 5.91 Å². The third-order valence-electron chi connectivity index (χ3n) is 5.21. The number of rotatable bonds is 3. The first-order valence-corrected chi connectivity index (χ1v) is 9.06. The van der Waals surface area contributed by atoms with E-state index in [0.717, 1.165) is 16.8 Å². The summed E-state index contributed by atoms with van der Waals surface area (Å²) in [6.45, 7) is 2.00. The molecule has 2 heterocycles. The van der Waals surface area contributed by atoms with Gasteiger partial charge in [0.2, 0.25) is 0 Å². The number of nitrogens with one attached hydrogen (secondary N) is 1. The fourth-order valence-corrected chi connectivity index (χ4v) is 3.89. The predicted molar refractivity (Wildman–Crippen MR) is 100 cm³/mol. The average molecular weight is 333 g/mol. The van der Waals surface area contributed by atoms with Crippen molar-refractivity contribution in [3.8, 4) is 0 Å². The van der Waals surface area contributed by atoms with Crippen molar-refractivity contribution >= 4 is 17.1 Å². The Hall–Kier alpha value is -2.62. The highest BCUT2D eigenvalue weighted by molar-refractivity contribution is 6.09. The lowest BCUT2D eigenvalue weighted by atomic mass is 9.84. The van der Waals surface area contributed by atoms with Gasteiger partial charge in [-0.1, -0.05) is 37.5 Å². The predicted octanol–water partition coefficient (Wildman–Crippen LogP) is 4.94. The van der Waals surface area contributed by atoms with Gasteiger partial charge in [-0.3, -0.25) is 4.79 Å². The standard InChI is InChI=1S/C21H23N3O/c1-15-7-6-12-24-20(15)19(14-22-24)21(25)23-18-11-5-10-17(13-18)16-8-3-2-4-9-16/h5-7,10-14,16H,2-4,8-9H2,1H3,(H,23,25). The molecule has 128 valence electrons. The number of hydrogen-bond donors (Lipinski definition) is 1. The average Bonchev–Trinajstić information content (AvgIpc) is 3.08. The number of pyridine rings is 1. The number of aromatic nitrogens is 2. The van der Waals surface area contributed by atoms with E-state index in [2.05, 4.69) is 22.5 Å². The van der Waals surface area contributed by atoms with E-state index >= 15 is 0 Å². The highest BCUT2D eigenvalue weighted by Crippen LogP contribution is 2.33. The molecule has 1 aliphatic rings. The molecule has 1 aromatic carbocycles. The summed E-state index contributed by atoms with van der Waals surface area (Å²) in [6, 6.07) is 12.3. The molecule has 0 aliphatic heterocycles. The molecular formula is C21H23N3O. The second kappa shape index (κ2) is 6.71. The number of anilines is 1. The van der Waals surface area contributed by atoms with Crippen LogP contribution in [0.3, 0.4) is 0 Å². The summed E-state index contributed by atoms with van der Waals surface area (Å²) >= 11 is 0. The fraction of sp³-hybridized carbons (Fsp3) is 0.333. The van der Waals surface area contributed by atoms with Gasteiger partial charge in [-0.05, 0) is 55.0 Å². The monoisotopic (exact) mass is 333 g/mol. The normalized spacial score (nSPS) is 15.4. The van der Waals surface area contributed by atoms with Crippen LogP contribution in [0, 0.1) is 6.92 Å². The fourth-order valence-electron chi connectivity index (χ4n) is 3.89. The van der Waals surface area contributed by atoms with Crippen molar-refractivity contribution in [1.82, 2.24) is 9.61 Å². The van der Waals surface area contributed by atoms with E-state index in [9.17, 15) is 4.79 Å². The van der Waals surface area contributed by atoms with Gasteiger partial charge in [0.15, 0.2) is 0 Å². The Kier molecular flexibility index (Phi) is 4.26. The minimum atomic E-state index is -0.106. The number of aryl methyl sites for hydroxylation is 1. The number of amides is 1. The lowest BCUT2D eigenvalue weighted by Crippen LogP contribution is -2.12. The smallest absolute Gasteiger partial charge is 0.259 e. The Morgan fingerprint density at radius 1 is 1.16 bits per heavy atom. The van der Waals surface area contributed by atoms with Crippen LogP contribution in [0.2, 0.25) is 0 Å². The number of hydrogen-bond acceptors (Lipinski definition) is 2. The Morgan fingerprint density at radius 2 is 2.00 bits per heavy atom. The lowest BCUT2D eigenvalue weighted by Gasteiger charge is -2.22. The molecule has 1 fully saturated rings. The van der Waals surface area contributed by atoms with Gasteiger partial charge in [0.1, 0.15) is 0 Å². The van der Waals surface area contributed by atoms with Gasteiger partial charge >= 0.3 is 0 Å². The second-order valence-corrected chi connectivity index (χ2v) is 6.96. The third-order valence-corrected chi connectivity index (χ3v) is 5.21. The van der Waals surface area contributed by atoms with E-state index < -0.39 is 0 Å². The van der Waals surface area contributed by atoms with E-state index in [4.69, 9.17) is 0 Å². The number of carbonyl (C=O) groups is 1. The van der Waals surface area contributed by atoms with Crippen LogP contribution in [-0.2, 0) is 0 Å². The molecule has 4 rings (SSSR count). The van der Waals surface area contributed by atoms with Crippen LogP contribution in [0.15, 0.2) is 48.8 Å². The topological polar surface area (TPSA) is 46.4 Å². The first-order valence-electron chi connectivity index (χ1n) is 9.06. The van der Waals surface area contributed by atoms with Crippen molar-refractivity contribution in [3.05, 3.63) is 65.5 Å². The molecule has 1 N–H and O–H groups in total. The maximum absolute atomic E-state index is 12.8. The van der Waals surface area contributed by atoms with Crippen molar-refractivity contribution in [2.24, 2.45) is 0 Å². The highest BCUT2D eigenvalue weighted by Gasteiger charge is 2.17. The van der Waals surface area contributed by atoms with Crippen LogP contribution in [0.4, 0.5) is 5.69 Å². The zero-order valence-corrected chi connectivity index (χ0v) is 14.5. The molecule has 25 heavy (non-hydrogen) atoms. The Labute approximate surface area is 147 Å². The maximum Gasteiger partial charge on any atom is 0.259 e. The largest absolute Gasteiger partial charge is 0.322 e. The number of fused-ring (bicyclic) bond motifs is 1. The zero-order chi connectivity index (χ0) is 17.2. The minimum Gasteiger partial charge on any atom is -0.322 e. The Balaban J connectivity index is 1.58. The summed E-state index contributed by atoms with van der Waals surface area (Å²) < 4.78 is 1.75. The van der Waals surface area contributed by atoms with Crippen LogP contribution in [0.5, 0.6) is 0 Å². The van der Waals surface area contributed by atoms with Crippen molar-refractivity contribution in [2.45, 2.75) is 44.9 Å². The highest BCUT2D eigenvalue weighted by atomic mass is 16.1. The lowest BCUT2D eigenvalue weighted by molar-refractivity contribution is 0.102. The van der Waals surface area contributed by atoms with Crippen molar-refractivity contribution < 1.29 is 4.79 Å². The van der Waals surface area contributed by atoms with E-state index in [1.165, 1.54) is 37.7 Å². The zero-order valence-electron chi connectivity index (χ0n) is 14.5. The molecule has 1 saturated carbocycles. The molecule has 0 unspecified atom stereocenters. The summed E-state index contributed by atoms with van der Waals surface area (Å²) in [6.07, 6.45) is 9.98. The van der Waals surface area contributed by atoms with Crippen molar-refractivity contribution in [3.63, 3.8) is 0 Å². The summed E-state index contributed by atoms with van der Waals surface area (Å²) in [5.74, 6) is 0.523. The van der Waals surface area contributed by atoms with Gasteiger partial charge in [-0.15, -0.1) is 0 Å². The number of nitrogens with zero attached hydrogens (tertiary/aromatic N) is 2. The number of benzene rings is 1. The minimum absolute atomic E-state index is 0.106. The second-order valence-electron chi connectivity index (χ2n) is 6.96. The molecule has 1 amide bonds. The third kappa shape index (κ3) is 3.16. The Bertz CT molecular complexity index is 906. The van der Waals surface area contributed by atoms with Gasteiger partial charge in [0.25, 0.3) is 5.91 Å². The molecule has 0 spiro atoms. The van der Waals surface area contributed by atoms with Crippen LogP contribution in [-0.4, -0.2) is 15.5 Å². The molecule has 0 radical (unpaired) electrons. The molecule has 0 atom stereocenters. The molecule has 4 heteroatoms. The van der Waals surface area contributed by atoms with E-state index in [0.29, 0.717) is 11.5 Å².